The van der Waals surface area contributed by atoms with Gasteiger partial charge in [0.1, 0.15) is 11.4 Å². The number of hydrogen-bond donors (Lipinski definition) is 1. The molecule has 0 amide bonds. The first-order valence-corrected chi connectivity index (χ1v) is 10.6. The lowest BCUT2D eigenvalue weighted by Crippen LogP contribution is -2.22. The lowest BCUT2D eigenvalue weighted by molar-refractivity contribution is 0.295. The standard InChI is InChI=1S/C21H23N7OS/c1-4-27(5-2)13-15-10-16-11-17(6-7-19(16)22-12-15)30-21-24-23-20-9-8-18(14(3)26-29)25-28(20)21/h6-12,29H,4-5,13H2,1-3H3. The number of benzene rings is 1. The molecule has 1 aromatic carbocycles. The van der Waals surface area contributed by atoms with Crippen molar-refractivity contribution in [1.82, 2.24) is 29.7 Å². The Morgan fingerprint density at radius 3 is 2.73 bits per heavy atom. The molecule has 0 fully saturated rings. The molecule has 0 aliphatic carbocycles. The minimum atomic E-state index is 0.430. The van der Waals surface area contributed by atoms with Crippen molar-refractivity contribution in [2.75, 3.05) is 13.1 Å². The Labute approximate surface area is 178 Å². The molecule has 30 heavy (non-hydrogen) atoms. The van der Waals surface area contributed by atoms with Crippen LogP contribution < -0.4 is 0 Å². The van der Waals surface area contributed by atoms with E-state index in [0.29, 0.717) is 22.2 Å². The van der Waals surface area contributed by atoms with Gasteiger partial charge in [-0.15, -0.1) is 10.2 Å². The molecule has 0 saturated heterocycles. The van der Waals surface area contributed by atoms with E-state index in [4.69, 9.17) is 5.21 Å². The summed E-state index contributed by atoms with van der Waals surface area (Å²) in [4.78, 5) is 8.01. The Kier molecular flexibility index (Phi) is 5.91. The molecule has 0 aliphatic rings. The molecule has 0 spiro atoms. The third-order valence-electron chi connectivity index (χ3n) is 4.97. The lowest BCUT2D eigenvalue weighted by Gasteiger charge is -2.17. The van der Waals surface area contributed by atoms with Crippen molar-refractivity contribution in [2.24, 2.45) is 5.16 Å². The molecule has 3 aromatic heterocycles. The Balaban J connectivity index is 1.65. The Hall–Kier alpha value is -3.04. The van der Waals surface area contributed by atoms with Crippen molar-refractivity contribution in [1.29, 1.82) is 0 Å². The SMILES string of the molecule is CCN(CC)Cc1cnc2ccc(Sc3nnc4ccc(C(C)=NO)nn34)cc2c1. The van der Waals surface area contributed by atoms with Gasteiger partial charge in [0.25, 0.3) is 0 Å². The van der Waals surface area contributed by atoms with Crippen molar-refractivity contribution >= 4 is 34.0 Å². The normalized spacial score (nSPS) is 12.3. The molecule has 9 heteroatoms. The van der Waals surface area contributed by atoms with Gasteiger partial charge in [-0.05, 0) is 73.7 Å². The summed E-state index contributed by atoms with van der Waals surface area (Å²) in [6.45, 7) is 8.95. The van der Waals surface area contributed by atoms with Crippen molar-refractivity contribution in [3.8, 4) is 0 Å². The highest BCUT2D eigenvalue weighted by Gasteiger charge is 2.12. The Morgan fingerprint density at radius 2 is 1.97 bits per heavy atom. The highest BCUT2D eigenvalue weighted by atomic mass is 32.2. The molecule has 0 saturated carbocycles. The summed E-state index contributed by atoms with van der Waals surface area (Å²) in [5, 5.41) is 26.9. The first kappa shape index (κ1) is 20.2. The second-order valence-corrected chi connectivity index (χ2v) is 7.96. The average Bonchev–Trinajstić information content (AvgIpc) is 3.18. The summed E-state index contributed by atoms with van der Waals surface area (Å²) in [7, 11) is 0. The van der Waals surface area contributed by atoms with Gasteiger partial charge >= 0.3 is 0 Å². The van der Waals surface area contributed by atoms with E-state index in [9.17, 15) is 0 Å². The maximum atomic E-state index is 9.02. The van der Waals surface area contributed by atoms with Gasteiger partial charge in [0.2, 0.25) is 5.16 Å². The summed E-state index contributed by atoms with van der Waals surface area (Å²) in [5.41, 5.74) is 3.79. The van der Waals surface area contributed by atoms with E-state index < -0.39 is 0 Å². The van der Waals surface area contributed by atoms with E-state index in [-0.39, 0.29) is 0 Å². The van der Waals surface area contributed by atoms with Gasteiger partial charge in [0, 0.05) is 23.0 Å². The molecule has 3 heterocycles. The molecule has 0 radical (unpaired) electrons. The molecular weight excluding hydrogens is 398 g/mol. The summed E-state index contributed by atoms with van der Waals surface area (Å²) < 4.78 is 1.66. The van der Waals surface area contributed by atoms with Gasteiger partial charge in [-0.2, -0.15) is 9.61 Å². The van der Waals surface area contributed by atoms with E-state index in [1.165, 1.54) is 17.3 Å². The van der Waals surface area contributed by atoms with Gasteiger partial charge in [-0.1, -0.05) is 19.0 Å². The van der Waals surface area contributed by atoms with Crippen molar-refractivity contribution in [2.45, 2.75) is 37.4 Å². The van der Waals surface area contributed by atoms with Crippen LogP contribution in [-0.4, -0.2) is 53.7 Å². The van der Waals surface area contributed by atoms with Gasteiger partial charge < -0.3 is 5.21 Å². The van der Waals surface area contributed by atoms with E-state index >= 15 is 0 Å². The number of hydrogen-bond acceptors (Lipinski definition) is 8. The van der Waals surface area contributed by atoms with E-state index in [2.05, 4.69) is 56.3 Å². The molecule has 0 aliphatic heterocycles. The number of aromatic nitrogens is 5. The number of pyridine rings is 1. The quantitative estimate of drug-likeness (QED) is 0.275. The second kappa shape index (κ2) is 8.76. The molecule has 0 unspecified atom stereocenters. The summed E-state index contributed by atoms with van der Waals surface area (Å²) in [6.07, 6.45) is 1.95. The predicted molar refractivity (Wildman–Crippen MR) is 117 cm³/mol. The molecule has 0 bridgehead atoms. The third kappa shape index (κ3) is 4.12. The first-order chi connectivity index (χ1) is 14.6. The molecular formula is C21H23N7OS. The number of rotatable bonds is 7. The van der Waals surface area contributed by atoms with Crippen molar-refractivity contribution < 1.29 is 5.21 Å². The minimum absolute atomic E-state index is 0.430. The zero-order valence-corrected chi connectivity index (χ0v) is 18.0. The van der Waals surface area contributed by atoms with Gasteiger partial charge in [-0.25, -0.2) is 0 Å². The van der Waals surface area contributed by atoms with Crippen LogP contribution in [0.3, 0.4) is 0 Å². The second-order valence-electron chi connectivity index (χ2n) is 6.92. The predicted octanol–water partition coefficient (Wildman–Crippen LogP) is 3.86. The molecule has 1 N–H and O–H groups in total. The zero-order chi connectivity index (χ0) is 21.1. The molecule has 4 rings (SSSR count). The van der Waals surface area contributed by atoms with Gasteiger partial charge in [0.05, 0.1) is 5.52 Å². The summed E-state index contributed by atoms with van der Waals surface area (Å²) in [5.74, 6) is 0. The summed E-state index contributed by atoms with van der Waals surface area (Å²) in [6, 6.07) is 11.9. The molecule has 4 aromatic rings. The van der Waals surface area contributed by atoms with Gasteiger partial charge in [0.15, 0.2) is 5.65 Å². The van der Waals surface area contributed by atoms with Crippen LogP contribution in [0.25, 0.3) is 16.6 Å². The van der Waals surface area contributed by atoms with Crippen LogP contribution in [0.2, 0.25) is 0 Å². The van der Waals surface area contributed by atoms with Crippen LogP contribution in [0.15, 0.2) is 57.8 Å². The number of nitrogens with zero attached hydrogens (tertiary/aromatic N) is 7. The highest BCUT2D eigenvalue weighted by Crippen LogP contribution is 2.29. The van der Waals surface area contributed by atoms with Crippen LogP contribution in [0.4, 0.5) is 0 Å². The summed E-state index contributed by atoms with van der Waals surface area (Å²) >= 11 is 1.48. The fourth-order valence-electron chi connectivity index (χ4n) is 3.19. The molecule has 154 valence electrons. The van der Waals surface area contributed by atoms with Crippen LogP contribution in [0.5, 0.6) is 0 Å². The fourth-order valence-corrected chi connectivity index (χ4v) is 4.03. The van der Waals surface area contributed by atoms with Crippen LogP contribution in [0, 0.1) is 0 Å². The van der Waals surface area contributed by atoms with E-state index in [1.807, 2.05) is 18.3 Å². The average molecular weight is 422 g/mol. The topological polar surface area (TPSA) is 91.8 Å². The molecule has 0 atom stereocenters. The Bertz CT molecular complexity index is 1220. The number of oxime groups is 1. The smallest absolute Gasteiger partial charge is 0.217 e. The minimum Gasteiger partial charge on any atom is -0.411 e. The number of fused-ring (bicyclic) bond motifs is 2. The fraction of sp³-hybridized carbons (Fsp3) is 0.286. The van der Waals surface area contributed by atoms with E-state index in [0.717, 1.165) is 35.4 Å². The van der Waals surface area contributed by atoms with Crippen molar-refractivity contribution in [3.63, 3.8) is 0 Å². The van der Waals surface area contributed by atoms with Crippen molar-refractivity contribution in [3.05, 3.63) is 53.9 Å². The van der Waals surface area contributed by atoms with Crippen LogP contribution >= 0.6 is 11.8 Å². The molecule has 8 nitrogen and oxygen atoms in total. The third-order valence-corrected chi connectivity index (χ3v) is 5.90. The maximum Gasteiger partial charge on any atom is 0.217 e. The maximum absolute atomic E-state index is 9.02. The van der Waals surface area contributed by atoms with E-state index in [1.54, 1.807) is 23.6 Å². The monoisotopic (exact) mass is 421 g/mol. The Morgan fingerprint density at radius 1 is 1.13 bits per heavy atom. The van der Waals surface area contributed by atoms with Crippen LogP contribution in [-0.2, 0) is 6.54 Å². The van der Waals surface area contributed by atoms with Gasteiger partial charge in [-0.3, -0.25) is 9.88 Å². The lowest BCUT2D eigenvalue weighted by atomic mass is 10.1. The first-order valence-electron chi connectivity index (χ1n) is 9.81. The largest absolute Gasteiger partial charge is 0.411 e. The zero-order valence-electron chi connectivity index (χ0n) is 17.1. The highest BCUT2D eigenvalue weighted by molar-refractivity contribution is 7.99. The van der Waals surface area contributed by atoms with Crippen LogP contribution in [0.1, 0.15) is 32.0 Å².